The van der Waals surface area contributed by atoms with Crippen LogP contribution in [0.2, 0.25) is 0 Å². The second-order valence-corrected chi connectivity index (χ2v) is 3.44. The lowest BCUT2D eigenvalue weighted by Crippen LogP contribution is -2.01. The summed E-state index contributed by atoms with van der Waals surface area (Å²) >= 11 is 0. The maximum absolute atomic E-state index is 13.3. The van der Waals surface area contributed by atoms with E-state index in [0.717, 1.165) is 11.3 Å². The molecule has 0 aliphatic heterocycles. The van der Waals surface area contributed by atoms with Crippen molar-refractivity contribution in [2.24, 2.45) is 0 Å². The maximum atomic E-state index is 13.3. The average Bonchev–Trinajstić information content (AvgIpc) is 2.72. The fourth-order valence-electron chi connectivity index (χ4n) is 1.38. The highest BCUT2D eigenvalue weighted by molar-refractivity contribution is 5.39. The number of aryl methyl sites for hydroxylation is 1. The Labute approximate surface area is 87.3 Å². The lowest BCUT2D eigenvalue weighted by molar-refractivity contribution is 0.612. The molecular weight excluding hydrogens is 193 g/mol. The van der Waals surface area contributed by atoms with Crippen LogP contribution in [0.4, 0.5) is 10.1 Å². The molecule has 0 spiro atoms. The minimum Gasteiger partial charge on any atom is -0.378 e. The van der Waals surface area contributed by atoms with Gasteiger partial charge in [-0.2, -0.15) is 5.10 Å². The van der Waals surface area contributed by atoms with Gasteiger partial charge >= 0.3 is 0 Å². The van der Waals surface area contributed by atoms with Crippen LogP contribution in [0.25, 0.3) is 0 Å². The molecule has 2 rings (SSSR count). The Kier molecular flexibility index (Phi) is 2.67. The number of halogens is 1. The van der Waals surface area contributed by atoms with Crippen LogP contribution in [0, 0.1) is 12.7 Å². The topological polar surface area (TPSA) is 40.7 Å². The van der Waals surface area contributed by atoms with E-state index in [1.165, 1.54) is 6.07 Å². The van der Waals surface area contributed by atoms with E-state index >= 15 is 0 Å². The first-order valence-electron chi connectivity index (χ1n) is 4.73. The number of hydrogen-bond donors (Lipinski definition) is 2. The third-order valence-corrected chi connectivity index (χ3v) is 2.18. The van der Waals surface area contributed by atoms with Gasteiger partial charge in [0.25, 0.3) is 0 Å². The second kappa shape index (κ2) is 4.13. The Bertz CT molecular complexity index is 437. The van der Waals surface area contributed by atoms with Crippen LogP contribution in [-0.2, 0) is 6.54 Å². The van der Waals surface area contributed by atoms with Gasteiger partial charge in [0.1, 0.15) is 5.82 Å². The lowest BCUT2D eigenvalue weighted by atomic mass is 10.1. The van der Waals surface area contributed by atoms with Gasteiger partial charge < -0.3 is 5.32 Å². The zero-order chi connectivity index (χ0) is 10.7. The molecule has 15 heavy (non-hydrogen) atoms. The van der Waals surface area contributed by atoms with E-state index < -0.39 is 0 Å². The monoisotopic (exact) mass is 205 g/mol. The van der Waals surface area contributed by atoms with Crippen LogP contribution in [0.15, 0.2) is 30.6 Å². The SMILES string of the molecule is Cc1ccc(F)c(CNc2cn[nH]c2)c1. The number of aromatic amines is 1. The van der Waals surface area contributed by atoms with Crippen LogP contribution in [0.1, 0.15) is 11.1 Å². The molecule has 78 valence electrons. The number of benzene rings is 1. The summed E-state index contributed by atoms with van der Waals surface area (Å²) in [5, 5.41) is 9.55. The van der Waals surface area contributed by atoms with Crippen molar-refractivity contribution >= 4 is 5.69 Å². The van der Waals surface area contributed by atoms with Crippen molar-refractivity contribution < 1.29 is 4.39 Å². The molecule has 0 saturated carbocycles. The van der Waals surface area contributed by atoms with Crippen LogP contribution in [-0.4, -0.2) is 10.2 Å². The largest absolute Gasteiger partial charge is 0.378 e. The summed E-state index contributed by atoms with van der Waals surface area (Å²) in [4.78, 5) is 0. The van der Waals surface area contributed by atoms with E-state index in [2.05, 4.69) is 15.5 Å². The molecule has 0 aliphatic rings. The van der Waals surface area contributed by atoms with Gasteiger partial charge in [0.15, 0.2) is 0 Å². The number of anilines is 1. The van der Waals surface area contributed by atoms with E-state index in [4.69, 9.17) is 0 Å². The third-order valence-electron chi connectivity index (χ3n) is 2.18. The molecule has 1 heterocycles. The highest BCUT2D eigenvalue weighted by Gasteiger charge is 2.02. The molecular formula is C11H12FN3. The number of hydrogen-bond acceptors (Lipinski definition) is 2. The van der Waals surface area contributed by atoms with Crippen molar-refractivity contribution in [1.29, 1.82) is 0 Å². The smallest absolute Gasteiger partial charge is 0.128 e. The zero-order valence-corrected chi connectivity index (χ0v) is 8.42. The molecule has 3 nitrogen and oxygen atoms in total. The van der Waals surface area contributed by atoms with Crippen LogP contribution in [0.3, 0.4) is 0 Å². The summed E-state index contributed by atoms with van der Waals surface area (Å²) in [6.45, 7) is 2.41. The summed E-state index contributed by atoms with van der Waals surface area (Å²) in [6.07, 6.45) is 3.39. The van der Waals surface area contributed by atoms with Gasteiger partial charge in [0, 0.05) is 18.3 Å². The van der Waals surface area contributed by atoms with Crippen molar-refractivity contribution in [2.45, 2.75) is 13.5 Å². The normalized spacial score (nSPS) is 10.3. The Morgan fingerprint density at radius 3 is 3.07 bits per heavy atom. The first kappa shape index (κ1) is 9.71. The summed E-state index contributed by atoms with van der Waals surface area (Å²) in [6, 6.07) is 5.08. The Morgan fingerprint density at radius 1 is 1.47 bits per heavy atom. The van der Waals surface area contributed by atoms with Crippen molar-refractivity contribution in [3.05, 3.63) is 47.5 Å². The first-order chi connectivity index (χ1) is 7.25. The Balaban J connectivity index is 2.07. The molecule has 1 aromatic heterocycles. The van der Waals surface area contributed by atoms with Crippen molar-refractivity contribution in [2.75, 3.05) is 5.32 Å². The van der Waals surface area contributed by atoms with Gasteiger partial charge in [-0.25, -0.2) is 4.39 Å². The molecule has 0 aliphatic carbocycles. The number of nitrogens with one attached hydrogen (secondary N) is 2. The molecule has 2 aromatic rings. The highest BCUT2D eigenvalue weighted by Crippen LogP contribution is 2.12. The third kappa shape index (κ3) is 2.34. The quantitative estimate of drug-likeness (QED) is 0.808. The molecule has 0 amide bonds. The van der Waals surface area contributed by atoms with E-state index in [1.807, 2.05) is 13.0 Å². The van der Waals surface area contributed by atoms with Gasteiger partial charge in [-0.05, 0) is 13.0 Å². The molecule has 2 N–H and O–H groups in total. The molecule has 0 unspecified atom stereocenters. The molecule has 0 bridgehead atoms. The summed E-state index contributed by atoms with van der Waals surface area (Å²) in [5.74, 6) is -0.184. The number of rotatable bonds is 3. The van der Waals surface area contributed by atoms with E-state index in [9.17, 15) is 4.39 Å². The summed E-state index contributed by atoms with van der Waals surface area (Å²) in [7, 11) is 0. The molecule has 4 heteroatoms. The minimum atomic E-state index is -0.184. The summed E-state index contributed by atoms with van der Waals surface area (Å²) < 4.78 is 13.3. The van der Waals surface area contributed by atoms with Gasteiger partial charge in [-0.1, -0.05) is 17.7 Å². The fraction of sp³-hybridized carbons (Fsp3) is 0.182. The highest BCUT2D eigenvalue weighted by atomic mass is 19.1. The maximum Gasteiger partial charge on any atom is 0.128 e. The van der Waals surface area contributed by atoms with Crippen molar-refractivity contribution in [1.82, 2.24) is 10.2 Å². The number of H-pyrrole nitrogens is 1. The van der Waals surface area contributed by atoms with Crippen LogP contribution in [0.5, 0.6) is 0 Å². The van der Waals surface area contributed by atoms with E-state index in [1.54, 1.807) is 18.5 Å². The molecule has 0 saturated heterocycles. The van der Waals surface area contributed by atoms with Crippen LogP contribution < -0.4 is 5.32 Å². The van der Waals surface area contributed by atoms with Gasteiger partial charge in [-0.15, -0.1) is 0 Å². The van der Waals surface area contributed by atoms with Crippen molar-refractivity contribution in [3.63, 3.8) is 0 Å². The molecule has 1 aromatic carbocycles. The van der Waals surface area contributed by atoms with E-state index in [-0.39, 0.29) is 5.82 Å². The molecule has 0 fully saturated rings. The van der Waals surface area contributed by atoms with E-state index in [0.29, 0.717) is 12.1 Å². The van der Waals surface area contributed by atoms with Crippen LogP contribution >= 0.6 is 0 Å². The van der Waals surface area contributed by atoms with Gasteiger partial charge in [0.05, 0.1) is 11.9 Å². The zero-order valence-electron chi connectivity index (χ0n) is 8.42. The standard InChI is InChI=1S/C11H12FN3/c1-8-2-3-11(12)9(4-8)5-13-10-6-14-15-7-10/h2-4,6-7,13H,5H2,1H3,(H,14,15). The second-order valence-electron chi connectivity index (χ2n) is 3.44. The predicted molar refractivity (Wildman–Crippen MR) is 57.1 cm³/mol. The van der Waals surface area contributed by atoms with Gasteiger partial charge in [0.2, 0.25) is 0 Å². The average molecular weight is 205 g/mol. The number of nitrogens with zero attached hydrogens (tertiary/aromatic N) is 1. The molecule has 0 radical (unpaired) electrons. The fourth-order valence-corrected chi connectivity index (χ4v) is 1.38. The predicted octanol–water partition coefficient (Wildman–Crippen LogP) is 2.47. The van der Waals surface area contributed by atoms with Gasteiger partial charge in [-0.3, -0.25) is 5.10 Å². The number of aromatic nitrogens is 2. The van der Waals surface area contributed by atoms with Crippen molar-refractivity contribution in [3.8, 4) is 0 Å². The lowest BCUT2D eigenvalue weighted by Gasteiger charge is -2.05. The first-order valence-corrected chi connectivity index (χ1v) is 4.73. The Hall–Kier alpha value is -1.84. The Morgan fingerprint density at radius 2 is 2.33 bits per heavy atom. The minimum absolute atomic E-state index is 0.184. The summed E-state index contributed by atoms with van der Waals surface area (Å²) in [5.41, 5.74) is 2.58. The molecule has 0 atom stereocenters.